The molecule has 1 aromatic rings. The Hall–Kier alpha value is -2.04. The molecule has 0 saturated heterocycles. The van der Waals surface area contributed by atoms with E-state index in [2.05, 4.69) is 18.6 Å². The van der Waals surface area contributed by atoms with Crippen LogP contribution in [0.15, 0.2) is 12.1 Å². The van der Waals surface area contributed by atoms with Crippen molar-refractivity contribution in [2.75, 3.05) is 7.11 Å². The first-order valence-electron chi connectivity index (χ1n) is 7.90. The van der Waals surface area contributed by atoms with Crippen molar-refractivity contribution in [2.45, 2.75) is 39.0 Å². The van der Waals surface area contributed by atoms with Crippen LogP contribution in [0.25, 0.3) is 0 Å². The molecule has 124 valence electrons. The van der Waals surface area contributed by atoms with Crippen molar-refractivity contribution in [1.82, 2.24) is 0 Å². The quantitative estimate of drug-likeness (QED) is 0.837. The monoisotopic (exact) mass is 318 g/mol. The molecule has 3 saturated carbocycles. The third-order valence-corrected chi connectivity index (χ3v) is 5.78. The van der Waals surface area contributed by atoms with Gasteiger partial charge in [-0.05, 0) is 35.4 Å². The summed E-state index contributed by atoms with van der Waals surface area (Å²) in [5, 5.41) is 20.8. The van der Waals surface area contributed by atoms with Gasteiger partial charge in [-0.2, -0.15) is 0 Å². The Kier molecular flexibility index (Phi) is 3.62. The summed E-state index contributed by atoms with van der Waals surface area (Å²) in [4.78, 5) is 23.6. The topological polar surface area (TPSA) is 83.8 Å². The van der Waals surface area contributed by atoms with Gasteiger partial charge in [-0.3, -0.25) is 9.59 Å². The average molecular weight is 318 g/mol. The molecule has 3 aliphatic rings. The number of ketones is 1. The Morgan fingerprint density at radius 1 is 1.30 bits per heavy atom. The second-order valence-corrected chi connectivity index (χ2v) is 7.29. The molecule has 0 unspecified atom stereocenters. The number of carbonyl (C=O) groups is 2. The molecule has 0 heterocycles. The highest BCUT2D eigenvalue weighted by Gasteiger charge is 2.59. The van der Waals surface area contributed by atoms with Crippen molar-refractivity contribution >= 4 is 11.8 Å². The van der Waals surface area contributed by atoms with Crippen LogP contribution in [0.2, 0.25) is 0 Å². The summed E-state index contributed by atoms with van der Waals surface area (Å²) < 4.78 is 4.60. The van der Waals surface area contributed by atoms with Gasteiger partial charge in [0.1, 0.15) is 17.3 Å². The lowest BCUT2D eigenvalue weighted by atomic mass is 9.44. The average Bonchev–Trinajstić information content (AvgIpc) is 2.45. The van der Waals surface area contributed by atoms with Gasteiger partial charge >= 0.3 is 5.97 Å². The molecule has 3 aliphatic carbocycles. The number of hydrogen-bond acceptors (Lipinski definition) is 5. The molecule has 0 spiro atoms. The van der Waals surface area contributed by atoms with E-state index in [4.69, 9.17) is 0 Å². The summed E-state index contributed by atoms with van der Waals surface area (Å²) in [7, 11) is 1.29. The van der Waals surface area contributed by atoms with E-state index in [9.17, 15) is 19.8 Å². The molecule has 1 aromatic carbocycles. The zero-order chi connectivity index (χ0) is 16.9. The van der Waals surface area contributed by atoms with E-state index < -0.39 is 5.97 Å². The van der Waals surface area contributed by atoms with Gasteiger partial charge in [0.25, 0.3) is 0 Å². The van der Waals surface area contributed by atoms with E-state index >= 15 is 0 Å². The van der Waals surface area contributed by atoms with E-state index in [0.29, 0.717) is 17.5 Å². The second-order valence-electron chi connectivity index (χ2n) is 7.29. The number of fused-ring (bicyclic) bond motifs is 2. The summed E-state index contributed by atoms with van der Waals surface area (Å²) in [6, 6.07) is 2.96. The smallest absolute Gasteiger partial charge is 0.309 e. The first-order chi connectivity index (χ1) is 10.8. The van der Waals surface area contributed by atoms with Gasteiger partial charge in [-0.1, -0.05) is 13.8 Å². The highest BCUT2D eigenvalue weighted by atomic mass is 16.5. The Morgan fingerprint density at radius 2 is 1.91 bits per heavy atom. The molecule has 5 nitrogen and oxygen atoms in total. The van der Waals surface area contributed by atoms with Gasteiger partial charge in [0.15, 0.2) is 0 Å². The molecule has 4 rings (SSSR count). The predicted octanol–water partition coefficient (Wildman–Crippen LogP) is 2.53. The van der Waals surface area contributed by atoms with Crippen molar-refractivity contribution in [3.63, 3.8) is 0 Å². The fraction of sp³-hybridized carbons (Fsp3) is 0.556. The molecule has 0 radical (unpaired) electrons. The Morgan fingerprint density at radius 3 is 2.39 bits per heavy atom. The maximum Gasteiger partial charge on any atom is 0.309 e. The molecule has 3 atom stereocenters. The predicted molar refractivity (Wildman–Crippen MR) is 83.2 cm³/mol. The van der Waals surface area contributed by atoms with Crippen molar-refractivity contribution in [1.29, 1.82) is 0 Å². The highest BCUT2D eigenvalue weighted by molar-refractivity contribution is 5.86. The number of benzene rings is 1. The molecule has 2 bridgehead atoms. The van der Waals surface area contributed by atoms with Crippen molar-refractivity contribution < 1.29 is 24.5 Å². The van der Waals surface area contributed by atoms with Crippen LogP contribution >= 0.6 is 0 Å². The summed E-state index contributed by atoms with van der Waals surface area (Å²) >= 11 is 0. The van der Waals surface area contributed by atoms with Gasteiger partial charge in [0.05, 0.1) is 13.5 Å². The van der Waals surface area contributed by atoms with Crippen LogP contribution in [-0.2, 0) is 20.7 Å². The number of carbonyl (C=O) groups excluding carboxylic acids is 2. The van der Waals surface area contributed by atoms with E-state index in [1.807, 2.05) is 0 Å². The zero-order valence-electron chi connectivity index (χ0n) is 13.6. The normalized spacial score (nSPS) is 28.1. The molecule has 23 heavy (non-hydrogen) atoms. The first kappa shape index (κ1) is 15.8. The number of rotatable bonds is 3. The fourth-order valence-corrected chi connectivity index (χ4v) is 4.39. The molecule has 5 heteroatoms. The van der Waals surface area contributed by atoms with Gasteiger partial charge in [-0.25, -0.2) is 0 Å². The number of esters is 1. The number of hydrogen-bond donors (Lipinski definition) is 2. The van der Waals surface area contributed by atoms with Crippen LogP contribution in [0.1, 0.15) is 43.7 Å². The molecule has 0 aliphatic heterocycles. The number of aromatic hydroxyl groups is 2. The molecule has 2 N–H and O–H groups in total. The van der Waals surface area contributed by atoms with E-state index in [-0.39, 0.29) is 46.9 Å². The molecular weight excluding hydrogens is 296 g/mol. The fourth-order valence-electron chi connectivity index (χ4n) is 4.39. The van der Waals surface area contributed by atoms with E-state index in [1.54, 1.807) is 0 Å². The third kappa shape index (κ3) is 2.38. The molecule has 0 aromatic heterocycles. The van der Waals surface area contributed by atoms with Crippen molar-refractivity contribution in [2.24, 2.45) is 17.3 Å². The number of Topliss-reactive ketones (excluding diaryl/α,β-unsaturated/α-hetero) is 1. The summed E-state index contributed by atoms with van der Waals surface area (Å²) in [6.07, 6.45) is 1.16. The number of ether oxygens (including phenoxy) is 1. The minimum atomic E-state index is -0.438. The summed E-state index contributed by atoms with van der Waals surface area (Å²) in [6.45, 7) is 4.16. The summed E-state index contributed by atoms with van der Waals surface area (Å²) in [5.74, 6) is -0.132. The van der Waals surface area contributed by atoms with Crippen LogP contribution < -0.4 is 0 Å². The minimum absolute atomic E-state index is 0.0154. The number of phenols is 2. The van der Waals surface area contributed by atoms with Crippen LogP contribution in [0.5, 0.6) is 11.5 Å². The Bertz CT molecular complexity index is 653. The van der Waals surface area contributed by atoms with Crippen LogP contribution in [0.4, 0.5) is 0 Å². The molecule has 3 fully saturated rings. The van der Waals surface area contributed by atoms with Gasteiger partial charge in [0.2, 0.25) is 0 Å². The maximum absolute atomic E-state index is 12.3. The van der Waals surface area contributed by atoms with Gasteiger partial charge in [0, 0.05) is 23.8 Å². The largest absolute Gasteiger partial charge is 0.508 e. The third-order valence-electron chi connectivity index (χ3n) is 5.78. The highest BCUT2D eigenvalue weighted by Crippen LogP contribution is 2.64. The van der Waals surface area contributed by atoms with E-state index in [0.717, 1.165) is 6.42 Å². The maximum atomic E-state index is 12.3. The van der Waals surface area contributed by atoms with E-state index in [1.165, 1.54) is 19.2 Å². The van der Waals surface area contributed by atoms with Crippen LogP contribution in [-0.4, -0.2) is 29.1 Å². The van der Waals surface area contributed by atoms with Gasteiger partial charge in [-0.15, -0.1) is 0 Å². The molecule has 0 amide bonds. The summed E-state index contributed by atoms with van der Waals surface area (Å²) in [5.41, 5.74) is 0.829. The lowest BCUT2D eigenvalue weighted by molar-refractivity contribution is -0.151. The first-order valence-corrected chi connectivity index (χ1v) is 7.90. The Balaban J connectivity index is 1.94. The molecular formula is C18H22O5. The minimum Gasteiger partial charge on any atom is -0.508 e. The van der Waals surface area contributed by atoms with Crippen LogP contribution in [0.3, 0.4) is 0 Å². The Labute approximate surface area is 135 Å². The van der Waals surface area contributed by atoms with Crippen molar-refractivity contribution in [3.05, 3.63) is 23.3 Å². The lowest BCUT2D eigenvalue weighted by Gasteiger charge is -2.59. The standard InChI is InChI=1S/C18H22O5/c1-18(2)11-8-12(18)13(19)7-10(11)17-14(20)4-9(5-15(17)21)6-16(22)23-3/h4-5,10-12,20-21H,6-8H2,1-3H3/t10-,11-,12+/m1/s1. The van der Waals surface area contributed by atoms with Crippen LogP contribution in [0, 0.1) is 17.3 Å². The number of methoxy groups -OCH3 is 1. The lowest BCUT2D eigenvalue weighted by Crippen LogP contribution is -2.56. The van der Waals surface area contributed by atoms with Crippen molar-refractivity contribution in [3.8, 4) is 11.5 Å². The second kappa shape index (κ2) is 5.25. The van der Waals surface area contributed by atoms with Gasteiger partial charge < -0.3 is 14.9 Å². The zero-order valence-corrected chi connectivity index (χ0v) is 13.6. The SMILES string of the molecule is COC(=O)Cc1cc(O)c([C@@H]2CC(=O)[C@@H]3C[C@H]2C3(C)C)c(O)c1. The number of phenolic OH excluding ortho intramolecular Hbond substituents is 2.